The number of rotatable bonds is 18. The molecule has 0 aromatic heterocycles. The van der Waals surface area contributed by atoms with Gasteiger partial charge in [-0.2, -0.15) is 4.89 Å². The van der Waals surface area contributed by atoms with Gasteiger partial charge in [0.1, 0.15) is 0 Å². The highest BCUT2D eigenvalue weighted by atomic mass is 31.2. The number of hydrogen-bond acceptors (Lipinski definition) is 3. The lowest BCUT2D eigenvalue weighted by Crippen LogP contribution is -1.92. The monoisotopic (exact) mass is 445 g/mol. The Balaban J connectivity index is -0.00000113. The molecule has 28 heavy (non-hydrogen) atoms. The van der Waals surface area contributed by atoms with Gasteiger partial charge in [0.2, 0.25) is 0 Å². The fraction of sp³-hybridized carbons (Fsp3) is 1.00. The zero-order valence-electron chi connectivity index (χ0n) is 17.5. The lowest BCUT2D eigenvalue weighted by molar-refractivity contribution is 0.193. The normalized spacial score (nSPS) is 11.4. The Hall–Kier alpha value is 0.170. The van der Waals surface area contributed by atoms with Crippen molar-refractivity contribution in [2.24, 2.45) is 0 Å². The first-order valence-electron chi connectivity index (χ1n) is 10.6. The summed E-state index contributed by atoms with van der Waals surface area (Å²) >= 11 is 0. The largest absolute Gasteiger partial charge is 0.502 e. The molecule has 0 aromatic rings. The summed E-state index contributed by atoms with van der Waals surface area (Å²) in [6.45, 7) is 3.67. The van der Waals surface area contributed by atoms with Gasteiger partial charge in [-0.3, -0.25) is 4.52 Å². The Morgan fingerprint density at radius 3 is 1.21 bits per heavy atom. The highest BCUT2D eigenvalue weighted by Crippen LogP contribution is 2.35. The standard InChI is InChI=1S/C18H39O4P.CH3O2P.CH4/c1-2-3-4-5-6-7-8-9-10-11-12-13-14-15-16-17-18-22-23(19,20)21;1-4(2)3;/h2-18H2,1H3,(H2,19,20,21);1H3;1H4/p+1. The van der Waals surface area contributed by atoms with Crippen LogP contribution >= 0.6 is 15.9 Å². The molecule has 0 aliphatic heterocycles. The van der Waals surface area contributed by atoms with Crippen LogP contribution < -0.4 is 0 Å². The van der Waals surface area contributed by atoms with Crippen LogP contribution in [0.25, 0.3) is 0 Å². The van der Waals surface area contributed by atoms with E-state index >= 15 is 0 Å². The van der Waals surface area contributed by atoms with Crippen molar-refractivity contribution < 1.29 is 28.3 Å². The first kappa shape index (κ1) is 32.8. The van der Waals surface area contributed by atoms with E-state index in [0.717, 1.165) is 19.3 Å². The molecule has 0 aliphatic carbocycles. The minimum absolute atomic E-state index is 0. The first-order chi connectivity index (χ1) is 12.8. The van der Waals surface area contributed by atoms with Gasteiger partial charge in [-0.1, -0.05) is 111 Å². The zero-order valence-corrected chi connectivity index (χ0v) is 19.3. The fourth-order valence-corrected chi connectivity index (χ4v) is 3.20. The summed E-state index contributed by atoms with van der Waals surface area (Å²) < 4.78 is 24.0. The molecule has 0 saturated heterocycles. The number of phosphoric ester groups is 1. The van der Waals surface area contributed by atoms with E-state index in [0.29, 0.717) is 0 Å². The highest BCUT2D eigenvalue weighted by molar-refractivity contribution is 7.46. The van der Waals surface area contributed by atoms with Crippen molar-refractivity contribution in [2.45, 2.75) is 117 Å². The Bertz CT molecular complexity index is 357. The van der Waals surface area contributed by atoms with Crippen LogP contribution in [-0.2, 0) is 13.7 Å². The molecule has 0 saturated carbocycles. The predicted molar refractivity (Wildman–Crippen MR) is 120 cm³/mol. The maximum Gasteiger partial charge on any atom is 0.502 e. The molecule has 8 heteroatoms. The summed E-state index contributed by atoms with van der Waals surface area (Å²) in [7, 11) is -6.13. The molecular weight excluding hydrogens is 398 g/mol. The SMILES string of the molecule is C.CCCCCCCCCCCCCCCCCCOP(=O)(O)O.C[P+](=O)O. The van der Waals surface area contributed by atoms with Crippen LogP contribution in [0.5, 0.6) is 0 Å². The van der Waals surface area contributed by atoms with Crippen LogP contribution in [0, 0.1) is 0 Å². The predicted octanol–water partition coefficient (Wildman–Crippen LogP) is 7.34. The molecular formula is C20H47O6P2+. The molecule has 0 radical (unpaired) electrons. The fourth-order valence-electron chi connectivity index (χ4n) is 2.83. The van der Waals surface area contributed by atoms with Crippen molar-refractivity contribution in [1.29, 1.82) is 0 Å². The number of hydrogen-bond donors (Lipinski definition) is 3. The average molecular weight is 446 g/mol. The Morgan fingerprint density at radius 1 is 0.714 bits per heavy atom. The molecule has 0 fully saturated rings. The minimum Gasteiger partial charge on any atom is -0.303 e. The van der Waals surface area contributed by atoms with Crippen LogP contribution in [-0.4, -0.2) is 28.0 Å². The van der Waals surface area contributed by atoms with Crippen molar-refractivity contribution in [3.63, 3.8) is 0 Å². The average Bonchev–Trinajstić information content (AvgIpc) is 2.56. The molecule has 0 bridgehead atoms. The van der Waals surface area contributed by atoms with Crippen LogP contribution in [0.1, 0.15) is 117 Å². The summed E-state index contributed by atoms with van der Waals surface area (Å²) in [6.07, 6.45) is 20.7. The second kappa shape index (κ2) is 25.2. The maximum atomic E-state index is 10.5. The van der Waals surface area contributed by atoms with Gasteiger partial charge >= 0.3 is 15.9 Å². The third-order valence-electron chi connectivity index (χ3n) is 4.26. The van der Waals surface area contributed by atoms with Crippen LogP contribution in [0.15, 0.2) is 0 Å². The third-order valence-corrected chi connectivity index (χ3v) is 4.78. The Labute approximate surface area is 175 Å². The zero-order chi connectivity index (χ0) is 20.8. The van der Waals surface area contributed by atoms with E-state index in [4.69, 9.17) is 19.2 Å². The summed E-state index contributed by atoms with van der Waals surface area (Å²) in [5.41, 5.74) is 0. The molecule has 1 unspecified atom stereocenters. The van der Waals surface area contributed by atoms with Gasteiger partial charge < -0.3 is 9.79 Å². The van der Waals surface area contributed by atoms with E-state index in [9.17, 15) is 4.57 Å². The van der Waals surface area contributed by atoms with Crippen molar-refractivity contribution in [3.05, 3.63) is 0 Å². The maximum absolute atomic E-state index is 10.5. The Kier molecular flexibility index (Phi) is 29.6. The van der Waals surface area contributed by atoms with E-state index in [-0.39, 0.29) is 14.0 Å². The highest BCUT2D eigenvalue weighted by Gasteiger charge is 2.12. The summed E-state index contributed by atoms with van der Waals surface area (Å²) in [5, 5.41) is 0. The van der Waals surface area contributed by atoms with E-state index in [2.05, 4.69) is 11.4 Å². The third kappa shape index (κ3) is 40.8. The van der Waals surface area contributed by atoms with Gasteiger partial charge in [-0.25, -0.2) is 4.57 Å². The lowest BCUT2D eigenvalue weighted by atomic mass is 10.0. The van der Waals surface area contributed by atoms with Crippen molar-refractivity contribution in [3.8, 4) is 0 Å². The smallest absolute Gasteiger partial charge is 0.303 e. The quantitative estimate of drug-likeness (QED) is 0.151. The number of phosphoric acid groups is 1. The lowest BCUT2D eigenvalue weighted by Gasteiger charge is -2.05. The summed E-state index contributed by atoms with van der Waals surface area (Å²) in [6, 6.07) is 0. The molecule has 1 atom stereocenters. The van der Waals surface area contributed by atoms with Crippen molar-refractivity contribution in [2.75, 3.05) is 13.3 Å². The molecule has 0 aromatic carbocycles. The van der Waals surface area contributed by atoms with Crippen LogP contribution in [0.4, 0.5) is 0 Å². The first-order valence-corrected chi connectivity index (χ1v) is 13.8. The molecule has 0 aliphatic rings. The van der Waals surface area contributed by atoms with Gasteiger partial charge in [0, 0.05) is 0 Å². The van der Waals surface area contributed by atoms with E-state index in [1.54, 1.807) is 0 Å². The second-order valence-electron chi connectivity index (χ2n) is 7.09. The molecule has 0 amide bonds. The second-order valence-corrected chi connectivity index (χ2v) is 9.26. The van der Waals surface area contributed by atoms with Gasteiger partial charge in [-0.15, -0.1) is 0 Å². The molecule has 172 valence electrons. The van der Waals surface area contributed by atoms with E-state index in [1.165, 1.54) is 90.1 Å². The van der Waals surface area contributed by atoms with Gasteiger partial charge in [0.05, 0.1) is 6.61 Å². The van der Waals surface area contributed by atoms with Crippen LogP contribution in [0.2, 0.25) is 0 Å². The molecule has 3 N–H and O–H groups in total. The number of unbranched alkanes of at least 4 members (excludes halogenated alkanes) is 15. The molecule has 0 rings (SSSR count). The topological polar surface area (TPSA) is 104 Å². The van der Waals surface area contributed by atoms with Crippen LogP contribution in [0.3, 0.4) is 0 Å². The van der Waals surface area contributed by atoms with E-state index < -0.39 is 15.9 Å². The molecule has 6 nitrogen and oxygen atoms in total. The van der Waals surface area contributed by atoms with Crippen molar-refractivity contribution >= 4 is 15.9 Å². The van der Waals surface area contributed by atoms with Gasteiger partial charge in [0.25, 0.3) is 0 Å². The van der Waals surface area contributed by atoms with E-state index in [1.807, 2.05) is 0 Å². The van der Waals surface area contributed by atoms with Crippen molar-refractivity contribution in [1.82, 2.24) is 0 Å². The Morgan fingerprint density at radius 2 is 0.964 bits per heavy atom. The summed E-state index contributed by atoms with van der Waals surface area (Å²) in [4.78, 5) is 24.6. The summed E-state index contributed by atoms with van der Waals surface area (Å²) in [5.74, 6) is 0. The molecule has 0 heterocycles. The van der Waals surface area contributed by atoms with Gasteiger partial charge in [-0.05, 0) is 11.0 Å². The molecule has 0 spiro atoms. The minimum atomic E-state index is -4.26. The van der Waals surface area contributed by atoms with Gasteiger partial charge in [0.15, 0.2) is 6.66 Å².